The number of carbonyl (C=O) groups excluding carboxylic acids is 1. The number of alkyl halides is 3. The van der Waals surface area contributed by atoms with Gasteiger partial charge in [0.1, 0.15) is 12.3 Å². The first-order valence-electron chi connectivity index (χ1n) is 12.4. The molecule has 1 amide bonds. The number of nitrogens with zero attached hydrogens (tertiary/aromatic N) is 5. The van der Waals surface area contributed by atoms with E-state index in [-0.39, 0.29) is 24.0 Å². The highest BCUT2D eigenvalue weighted by Crippen LogP contribution is 2.46. The standard InChI is InChI=1S/C26H26F3N5O2S/c1-16-12-22(26(27,28)29)31-34(16)14-23(35)33-10-7-18(8-11-33)24-30-21(15-37-24)20-13-25(36-32-20)9-6-17-4-2-3-5-19(17)25/h2-5,12,15,18H,6-11,13-14H2,1H3/t25-/m1/s1. The van der Waals surface area contributed by atoms with Crippen LogP contribution in [-0.2, 0) is 34.4 Å². The molecule has 1 aliphatic carbocycles. The Bertz CT molecular complexity index is 1370. The predicted molar refractivity (Wildman–Crippen MR) is 131 cm³/mol. The van der Waals surface area contributed by atoms with Gasteiger partial charge in [-0.1, -0.05) is 29.4 Å². The van der Waals surface area contributed by atoms with Crippen LogP contribution in [0, 0.1) is 6.92 Å². The number of amides is 1. The van der Waals surface area contributed by atoms with Crippen molar-refractivity contribution >= 4 is 23.0 Å². The van der Waals surface area contributed by atoms with Crippen molar-refractivity contribution in [2.24, 2.45) is 5.16 Å². The van der Waals surface area contributed by atoms with E-state index in [4.69, 9.17) is 9.82 Å². The van der Waals surface area contributed by atoms with Crippen LogP contribution < -0.4 is 0 Å². The number of benzene rings is 1. The average molecular weight is 530 g/mol. The maximum atomic E-state index is 12.9. The molecule has 1 aromatic carbocycles. The van der Waals surface area contributed by atoms with Crippen LogP contribution in [-0.4, -0.2) is 44.4 Å². The van der Waals surface area contributed by atoms with Gasteiger partial charge in [-0.05, 0) is 44.2 Å². The molecular formula is C26H26F3N5O2S. The van der Waals surface area contributed by atoms with Gasteiger partial charge in [-0.15, -0.1) is 11.3 Å². The second-order valence-corrected chi connectivity index (χ2v) is 10.9. The second-order valence-electron chi connectivity index (χ2n) is 10.0. The van der Waals surface area contributed by atoms with Crippen LogP contribution in [0.25, 0.3) is 0 Å². The molecular weight excluding hydrogens is 503 g/mol. The highest BCUT2D eigenvalue weighted by atomic mass is 32.1. The minimum absolute atomic E-state index is 0.196. The molecule has 194 valence electrons. The van der Waals surface area contributed by atoms with Gasteiger partial charge < -0.3 is 9.74 Å². The molecule has 7 nitrogen and oxygen atoms in total. The number of halogens is 3. The van der Waals surface area contributed by atoms with E-state index in [1.807, 2.05) is 11.4 Å². The maximum absolute atomic E-state index is 12.9. The number of thiazole rings is 1. The number of piperidine rings is 1. The summed E-state index contributed by atoms with van der Waals surface area (Å²) in [6, 6.07) is 9.35. The van der Waals surface area contributed by atoms with Gasteiger partial charge in [0.15, 0.2) is 11.3 Å². The number of carbonyl (C=O) groups is 1. The fourth-order valence-corrected chi connectivity index (χ4v) is 6.57. The van der Waals surface area contributed by atoms with E-state index in [1.54, 1.807) is 16.2 Å². The molecule has 11 heteroatoms. The Morgan fingerprint density at radius 3 is 2.78 bits per heavy atom. The number of rotatable bonds is 4. The molecule has 1 atom stereocenters. The van der Waals surface area contributed by atoms with Crippen LogP contribution >= 0.6 is 11.3 Å². The normalized spacial score (nSPS) is 21.8. The largest absolute Gasteiger partial charge is 0.435 e. The van der Waals surface area contributed by atoms with E-state index in [0.29, 0.717) is 25.2 Å². The molecule has 1 saturated heterocycles. The monoisotopic (exact) mass is 529 g/mol. The third-order valence-electron chi connectivity index (χ3n) is 7.66. The third-order valence-corrected chi connectivity index (χ3v) is 8.67. The van der Waals surface area contributed by atoms with Gasteiger partial charge in [0, 0.05) is 42.1 Å². The summed E-state index contributed by atoms with van der Waals surface area (Å²) in [4.78, 5) is 25.3. The van der Waals surface area contributed by atoms with Crippen molar-refractivity contribution in [2.75, 3.05) is 13.1 Å². The Labute approximate surface area is 215 Å². The number of likely N-dealkylation sites (tertiary alicyclic amines) is 1. The summed E-state index contributed by atoms with van der Waals surface area (Å²) in [5.74, 6) is 0.00737. The molecule has 4 heterocycles. The van der Waals surface area contributed by atoms with Gasteiger partial charge in [-0.2, -0.15) is 18.3 Å². The van der Waals surface area contributed by atoms with Crippen LogP contribution in [0.5, 0.6) is 0 Å². The van der Waals surface area contributed by atoms with Crippen LogP contribution in [0.15, 0.2) is 40.9 Å². The average Bonchev–Trinajstić information content (AvgIpc) is 3.67. The summed E-state index contributed by atoms with van der Waals surface area (Å²) >= 11 is 1.61. The molecule has 0 bridgehead atoms. The topological polar surface area (TPSA) is 72.6 Å². The third kappa shape index (κ3) is 4.43. The molecule has 0 unspecified atom stereocenters. The first-order chi connectivity index (χ1) is 17.7. The smallest absolute Gasteiger partial charge is 0.384 e. The SMILES string of the molecule is Cc1cc(C(F)(F)F)nn1CC(=O)N1CCC(c2nc(C3=NO[C@]4(CCc5ccccc54)C3)cs2)CC1. The molecule has 3 aromatic rings. The van der Waals surface area contributed by atoms with Gasteiger partial charge in [-0.3, -0.25) is 9.48 Å². The Hall–Kier alpha value is -3.21. The Morgan fingerprint density at radius 2 is 2.03 bits per heavy atom. The van der Waals surface area contributed by atoms with Gasteiger partial charge in [0.05, 0.1) is 10.7 Å². The van der Waals surface area contributed by atoms with E-state index in [9.17, 15) is 18.0 Å². The van der Waals surface area contributed by atoms with Crippen LogP contribution in [0.1, 0.15) is 64.8 Å². The number of hydrogen-bond acceptors (Lipinski definition) is 6. The molecule has 0 N–H and O–H groups in total. The molecule has 37 heavy (non-hydrogen) atoms. The molecule has 1 fully saturated rings. The predicted octanol–water partition coefficient (Wildman–Crippen LogP) is 5.04. The van der Waals surface area contributed by atoms with Crippen LogP contribution in [0.3, 0.4) is 0 Å². The van der Waals surface area contributed by atoms with Crippen molar-refractivity contribution in [2.45, 2.75) is 63.3 Å². The van der Waals surface area contributed by atoms with Gasteiger partial charge in [0.2, 0.25) is 5.91 Å². The fraction of sp³-hybridized carbons (Fsp3) is 0.462. The number of aryl methyl sites for hydroxylation is 2. The summed E-state index contributed by atoms with van der Waals surface area (Å²) in [7, 11) is 0. The Balaban J connectivity index is 1.06. The highest BCUT2D eigenvalue weighted by molar-refractivity contribution is 7.10. The first-order valence-corrected chi connectivity index (χ1v) is 13.3. The molecule has 0 radical (unpaired) electrons. The summed E-state index contributed by atoms with van der Waals surface area (Å²) in [5, 5.41) is 11.1. The van der Waals surface area contributed by atoms with E-state index >= 15 is 0 Å². The zero-order chi connectivity index (χ0) is 25.8. The van der Waals surface area contributed by atoms with Crippen LogP contribution in [0.4, 0.5) is 13.2 Å². The Kier molecular flexibility index (Phi) is 5.85. The summed E-state index contributed by atoms with van der Waals surface area (Å²) < 4.78 is 39.9. The quantitative estimate of drug-likeness (QED) is 0.475. The second kappa shape index (κ2) is 8.97. The number of oxime groups is 1. The molecule has 0 saturated carbocycles. The molecule has 2 aliphatic heterocycles. The molecule has 1 spiro atoms. The summed E-state index contributed by atoms with van der Waals surface area (Å²) in [6.07, 6.45) is -0.401. The van der Waals surface area contributed by atoms with Crippen molar-refractivity contribution in [1.82, 2.24) is 19.7 Å². The van der Waals surface area contributed by atoms with Crippen molar-refractivity contribution in [3.8, 4) is 0 Å². The lowest BCUT2D eigenvalue weighted by atomic mass is 9.90. The van der Waals surface area contributed by atoms with Crippen molar-refractivity contribution in [3.63, 3.8) is 0 Å². The lowest BCUT2D eigenvalue weighted by molar-refractivity contribution is -0.142. The van der Waals surface area contributed by atoms with Gasteiger partial charge in [-0.25, -0.2) is 4.98 Å². The van der Waals surface area contributed by atoms with Gasteiger partial charge in [0.25, 0.3) is 0 Å². The van der Waals surface area contributed by atoms with E-state index in [2.05, 4.69) is 28.5 Å². The zero-order valence-corrected chi connectivity index (χ0v) is 21.1. The molecule has 6 rings (SSSR count). The van der Waals surface area contributed by atoms with Crippen molar-refractivity contribution in [1.29, 1.82) is 0 Å². The number of aromatic nitrogens is 3. The number of hydrogen-bond donors (Lipinski definition) is 0. The highest BCUT2D eigenvalue weighted by Gasteiger charge is 2.46. The first kappa shape index (κ1) is 24.1. The fourth-order valence-electron chi connectivity index (χ4n) is 5.57. The van der Waals surface area contributed by atoms with E-state index in [0.717, 1.165) is 52.8 Å². The molecule has 3 aliphatic rings. The van der Waals surface area contributed by atoms with E-state index < -0.39 is 11.9 Å². The minimum atomic E-state index is -4.53. The maximum Gasteiger partial charge on any atom is 0.435 e. The minimum Gasteiger partial charge on any atom is -0.384 e. The lowest BCUT2D eigenvalue weighted by Crippen LogP contribution is -2.40. The van der Waals surface area contributed by atoms with Gasteiger partial charge >= 0.3 is 6.18 Å². The summed E-state index contributed by atoms with van der Waals surface area (Å²) in [6.45, 7) is 2.40. The lowest BCUT2D eigenvalue weighted by Gasteiger charge is -2.31. The van der Waals surface area contributed by atoms with Crippen LogP contribution in [0.2, 0.25) is 0 Å². The van der Waals surface area contributed by atoms with Crippen molar-refractivity contribution < 1.29 is 22.8 Å². The number of fused-ring (bicyclic) bond motifs is 2. The van der Waals surface area contributed by atoms with E-state index in [1.165, 1.54) is 18.1 Å². The summed E-state index contributed by atoms with van der Waals surface area (Å²) in [5.41, 5.74) is 3.23. The van der Waals surface area contributed by atoms with Crippen molar-refractivity contribution in [3.05, 3.63) is 68.9 Å². The zero-order valence-electron chi connectivity index (χ0n) is 20.3. The molecule has 2 aromatic heterocycles. The Morgan fingerprint density at radius 1 is 1.24 bits per heavy atom.